The molecule has 0 saturated carbocycles. The Bertz CT molecular complexity index is 84.9. The van der Waals surface area contributed by atoms with E-state index in [0.717, 1.165) is 13.0 Å². The molecule has 0 spiro atoms. The van der Waals surface area contributed by atoms with E-state index in [0.29, 0.717) is 6.04 Å². The largest absolute Gasteiger partial charge is 0.388 e. The summed E-state index contributed by atoms with van der Waals surface area (Å²) in [4.78, 5) is 0. The predicted molar refractivity (Wildman–Crippen MR) is 28.3 cm³/mol. The molecule has 0 aromatic carbocycles. The van der Waals surface area contributed by atoms with Gasteiger partial charge in [0.05, 0.1) is 5.84 Å². The Morgan fingerprint density at radius 2 is 2.57 bits per heavy atom. The summed E-state index contributed by atoms with van der Waals surface area (Å²) in [6, 6.07) is 0.525. The molecule has 7 heavy (non-hydrogen) atoms. The maximum absolute atomic E-state index is 6.80. The van der Waals surface area contributed by atoms with Crippen LogP contribution in [0.1, 0.15) is 6.42 Å². The van der Waals surface area contributed by atoms with Crippen LogP contribution in [0.5, 0.6) is 0 Å². The number of nitrogens with one attached hydrogen (secondary N) is 2. The smallest absolute Gasteiger partial charge is 0.0921 e. The number of rotatable bonds is 2. The topological polar surface area (TPSA) is 71.8 Å². The molecule has 1 saturated heterocycles. The van der Waals surface area contributed by atoms with Gasteiger partial charge in [-0.05, 0) is 0 Å². The molecule has 0 bridgehead atoms. The highest BCUT2D eigenvalue weighted by Gasteiger charge is 2.19. The van der Waals surface area contributed by atoms with Crippen molar-refractivity contribution in [3.63, 3.8) is 0 Å². The quantitative estimate of drug-likeness (QED) is 0.243. The second kappa shape index (κ2) is 1.50. The van der Waals surface area contributed by atoms with Crippen LogP contribution in [0.25, 0.3) is 0 Å². The fourth-order valence-electron chi connectivity index (χ4n) is 0.493. The molecule has 1 unspecified atom stereocenters. The van der Waals surface area contributed by atoms with E-state index in [1.165, 1.54) is 0 Å². The lowest BCUT2D eigenvalue weighted by Crippen LogP contribution is -2.12. The van der Waals surface area contributed by atoms with Crippen molar-refractivity contribution in [2.24, 2.45) is 5.73 Å². The number of hydrogen-bond donors (Lipinski definition) is 3. The molecule has 0 aliphatic carbocycles. The van der Waals surface area contributed by atoms with Crippen molar-refractivity contribution in [1.82, 2.24) is 5.32 Å². The summed E-state index contributed by atoms with van der Waals surface area (Å²) in [5.74, 6) is 0.287. The zero-order valence-corrected chi connectivity index (χ0v) is 4.07. The van der Waals surface area contributed by atoms with Gasteiger partial charge in [0, 0.05) is 19.0 Å². The van der Waals surface area contributed by atoms with E-state index in [1.54, 1.807) is 0 Å². The normalized spacial score (nSPS) is 27.1. The van der Waals surface area contributed by atoms with Crippen molar-refractivity contribution in [2.45, 2.75) is 12.5 Å². The molecule has 1 fully saturated rings. The van der Waals surface area contributed by atoms with Crippen LogP contribution in [0.4, 0.5) is 0 Å². The first kappa shape index (κ1) is 4.59. The first-order valence-corrected chi connectivity index (χ1v) is 2.35. The second-order valence-electron chi connectivity index (χ2n) is 1.83. The molecule has 40 valence electrons. The third kappa shape index (κ3) is 1.55. The van der Waals surface area contributed by atoms with Gasteiger partial charge in [-0.3, -0.25) is 5.41 Å². The van der Waals surface area contributed by atoms with Gasteiger partial charge in [-0.1, -0.05) is 0 Å². The van der Waals surface area contributed by atoms with Gasteiger partial charge in [0.25, 0.3) is 0 Å². The number of amidine groups is 1. The highest BCUT2D eigenvalue weighted by atomic mass is 15.1. The molecule has 1 aliphatic heterocycles. The summed E-state index contributed by atoms with van der Waals surface area (Å²) in [5.41, 5.74) is 5.08. The first-order chi connectivity index (χ1) is 3.29. The molecule has 0 aromatic heterocycles. The molecule has 4 N–H and O–H groups in total. The van der Waals surface area contributed by atoms with Gasteiger partial charge < -0.3 is 11.1 Å². The van der Waals surface area contributed by atoms with E-state index in [-0.39, 0.29) is 5.84 Å². The number of hydrogen-bond acceptors (Lipinski definition) is 2. The van der Waals surface area contributed by atoms with Crippen molar-refractivity contribution in [3.8, 4) is 0 Å². The minimum absolute atomic E-state index is 0.287. The Labute approximate surface area is 42.4 Å². The Balaban J connectivity index is 2.08. The monoisotopic (exact) mass is 99.1 g/mol. The molecule has 0 radical (unpaired) electrons. The van der Waals surface area contributed by atoms with E-state index < -0.39 is 0 Å². The van der Waals surface area contributed by atoms with E-state index in [9.17, 15) is 0 Å². The van der Waals surface area contributed by atoms with Crippen molar-refractivity contribution in [1.29, 1.82) is 5.41 Å². The zero-order chi connectivity index (χ0) is 5.28. The van der Waals surface area contributed by atoms with E-state index in [1.807, 2.05) is 0 Å². The van der Waals surface area contributed by atoms with Crippen molar-refractivity contribution in [3.05, 3.63) is 0 Å². The van der Waals surface area contributed by atoms with E-state index >= 15 is 0 Å². The lowest BCUT2D eigenvalue weighted by molar-refractivity contribution is 0.984. The lowest BCUT2D eigenvalue weighted by atomic mass is 10.3. The van der Waals surface area contributed by atoms with Crippen LogP contribution in [0.2, 0.25) is 0 Å². The molecular weight excluding hydrogens is 90.1 g/mol. The zero-order valence-electron chi connectivity index (χ0n) is 4.07. The van der Waals surface area contributed by atoms with Gasteiger partial charge in [0.15, 0.2) is 0 Å². The summed E-state index contributed by atoms with van der Waals surface area (Å²) in [7, 11) is 0. The molecule has 0 amide bonds. The summed E-state index contributed by atoms with van der Waals surface area (Å²) < 4.78 is 0. The maximum Gasteiger partial charge on any atom is 0.0921 e. The van der Waals surface area contributed by atoms with Crippen LogP contribution in [-0.4, -0.2) is 18.4 Å². The van der Waals surface area contributed by atoms with Crippen molar-refractivity contribution < 1.29 is 0 Å². The molecule has 0 aromatic rings. The standard InChI is InChI=1S/C4H9N3/c5-4(6)1-3-2-7-3/h3,7H,1-2H2,(H3,5,6). The van der Waals surface area contributed by atoms with Crippen LogP contribution >= 0.6 is 0 Å². The Hall–Kier alpha value is -0.570. The second-order valence-corrected chi connectivity index (χ2v) is 1.83. The van der Waals surface area contributed by atoms with Crippen molar-refractivity contribution in [2.75, 3.05) is 6.54 Å². The molecule has 1 rings (SSSR count). The fourth-order valence-corrected chi connectivity index (χ4v) is 0.493. The third-order valence-electron chi connectivity index (χ3n) is 0.959. The van der Waals surface area contributed by atoms with Gasteiger partial charge in [-0.25, -0.2) is 0 Å². The Morgan fingerprint density at radius 3 is 2.71 bits per heavy atom. The minimum atomic E-state index is 0.287. The van der Waals surface area contributed by atoms with Crippen molar-refractivity contribution >= 4 is 5.84 Å². The van der Waals surface area contributed by atoms with Gasteiger partial charge in [0.2, 0.25) is 0 Å². The predicted octanol–water partition coefficient (Wildman–Crippen LogP) is -0.716. The van der Waals surface area contributed by atoms with E-state index in [4.69, 9.17) is 11.1 Å². The van der Waals surface area contributed by atoms with Crippen LogP contribution < -0.4 is 11.1 Å². The average molecular weight is 99.1 g/mol. The summed E-state index contributed by atoms with van der Waals surface area (Å²) in [5, 5.41) is 9.85. The average Bonchev–Trinajstić information content (AvgIpc) is 2.17. The molecule has 1 aliphatic rings. The first-order valence-electron chi connectivity index (χ1n) is 2.35. The minimum Gasteiger partial charge on any atom is -0.388 e. The summed E-state index contributed by atoms with van der Waals surface area (Å²) in [6.45, 7) is 1.04. The van der Waals surface area contributed by atoms with Gasteiger partial charge >= 0.3 is 0 Å². The van der Waals surface area contributed by atoms with Crippen LogP contribution in [0.3, 0.4) is 0 Å². The molecular formula is C4H9N3. The van der Waals surface area contributed by atoms with Crippen LogP contribution in [0, 0.1) is 5.41 Å². The molecule has 3 nitrogen and oxygen atoms in total. The van der Waals surface area contributed by atoms with Gasteiger partial charge in [-0.15, -0.1) is 0 Å². The molecule has 3 heteroatoms. The van der Waals surface area contributed by atoms with Crippen LogP contribution in [-0.2, 0) is 0 Å². The highest BCUT2D eigenvalue weighted by molar-refractivity contribution is 5.77. The highest BCUT2D eigenvalue weighted by Crippen LogP contribution is 1.99. The van der Waals surface area contributed by atoms with Crippen LogP contribution in [0.15, 0.2) is 0 Å². The Kier molecular flexibility index (Phi) is 0.982. The summed E-state index contributed by atoms with van der Waals surface area (Å²) >= 11 is 0. The third-order valence-corrected chi connectivity index (χ3v) is 0.959. The SMILES string of the molecule is N=C(N)CC1CN1. The van der Waals surface area contributed by atoms with E-state index in [2.05, 4.69) is 5.32 Å². The van der Waals surface area contributed by atoms with Gasteiger partial charge in [0.1, 0.15) is 0 Å². The Morgan fingerprint density at radius 1 is 2.00 bits per heavy atom. The molecule has 1 heterocycles. The maximum atomic E-state index is 6.80. The molecule has 1 atom stereocenters. The van der Waals surface area contributed by atoms with Gasteiger partial charge in [-0.2, -0.15) is 0 Å². The fraction of sp³-hybridized carbons (Fsp3) is 0.750. The number of nitrogens with two attached hydrogens (primary N) is 1. The lowest BCUT2D eigenvalue weighted by Gasteiger charge is -1.87. The summed E-state index contributed by atoms with van der Waals surface area (Å²) in [6.07, 6.45) is 0.722.